The summed E-state index contributed by atoms with van der Waals surface area (Å²) in [6.45, 7) is 2.19. The Morgan fingerprint density at radius 3 is 1.90 bits per heavy atom. The fourth-order valence-corrected chi connectivity index (χ4v) is 3.05. The average molecular weight is 268 g/mol. The highest BCUT2D eigenvalue weighted by Gasteiger charge is 2.07. The zero-order valence-electron chi connectivity index (χ0n) is 12.0. The van der Waals surface area contributed by atoms with Gasteiger partial charge in [0.25, 0.3) is 0 Å². The molecule has 0 bridgehead atoms. The van der Waals surface area contributed by atoms with Gasteiger partial charge >= 0.3 is 0 Å². The minimum Gasteiger partial charge on any atom is -0.0622 e. The Bertz CT molecular complexity index is 934. The van der Waals surface area contributed by atoms with Crippen LogP contribution in [0.3, 0.4) is 0 Å². The van der Waals surface area contributed by atoms with Gasteiger partial charge in [0.05, 0.1) is 0 Å². The van der Waals surface area contributed by atoms with Crippen LogP contribution in [0.15, 0.2) is 78.9 Å². The van der Waals surface area contributed by atoms with E-state index >= 15 is 0 Å². The third kappa shape index (κ3) is 2.00. The van der Waals surface area contributed by atoms with Crippen LogP contribution < -0.4 is 0 Å². The summed E-state index contributed by atoms with van der Waals surface area (Å²) in [6.07, 6.45) is 0. The molecule has 4 aromatic carbocycles. The van der Waals surface area contributed by atoms with Gasteiger partial charge in [0.2, 0.25) is 0 Å². The number of rotatable bonds is 1. The zero-order chi connectivity index (χ0) is 14.2. The second-order valence-corrected chi connectivity index (χ2v) is 5.54. The highest BCUT2D eigenvalue weighted by molar-refractivity contribution is 6.06. The van der Waals surface area contributed by atoms with E-state index in [0.29, 0.717) is 0 Å². The summed E-state index contributed by atoms with van der Waals surface area (Å²) in [5.41, 5.74) is 3.91. The van der Waals surface area contributed by atoms with Gasteiger partial charge in [-0.2, -0.15) is 0 Å². The summed E-state index contributed by atoms with van der Waals surface area (Å²) >= 11 is 0. The summed E-state index contributed by atoms with van der Waals surface area (Å²) in [4.78, 5) is 0. The second kappa shape index (κ2) is 4.75. The molecule has 0 aliphatic rings. The van der Waals surface area contributed by atoms with Crippen molar-refractivity contribution in [3.05, 3.63) is 84.4 Å². The molecule has 0 aromatic heterocycles. The number of hydrogen-bond donors (Lipinski definition) is 0. The van der Waals surface area contributed by atoms with Gasteiger partial charge in [-0.1, -0.05) is 66.7 Å². The summed E-state index contributed by atoms with van der Waals surface area (Å²) < 4.78 is 0. The van der Waals surface area contributed by atoms with Crippen molar-refractivity contribution in [2.24, 2.45) is 0 Å². The predicted molar refractivity (Wildman–Crippen MR) is 91.6 cm³/mol. The molecule has 100 valence electrons. The lowest BCUT2D eigenvalue weighted by molar-refractivity contribution is 1.53. The van der Waals surface area contributed by atoms with Crippen LogP contribution in [0, 0.1) is 6.92 Å². The number of aryl methyl sites for hydroxylation is 1. The van der Waals surface area contributed by atoms with Crippen LogP contribution in [-0.4, -0.2) is 0 Å². The van der Waals surface area contributed by atoms with Crippen molar-refractivity contribution in [3.8, 4) is 11.1 Å². The lowest BCUT2D eigenvalue weighted by Gasteiger charge is -2.11. The van der Waals surface area contributed by atoms with Crippen LogP contribution in [-0.2, 0) is 0 Å². The number of fused-ring (bicyclic) bond motifs is 2. The molecule has 0 aliphatic carbocycles. The van der Waals surface area contributed by atoms with Gasteiger partial charge in [-0.05, 0) is 57.3 Å². The average Bonchev–Trinajstić information content (AvgIpc) is 2.55. The van der Waals surface area contributed by atoms with Crippen molar-refractivity contribution in [1.29, 1.82) is 0 Å². The normalized spacial score (nSPS) is 11.1. The smallest absolute Gasteiger partial charge is 0.00964 e. The Kier molecular flexibility index (Phi) is 2.75. The Balaban J connectivity index is 2.13. The van der Waals surface area contributed by atoms with Gasteiger partial charge in [0.1, 0.15) is 0 Å². The van der Waals surface area contributed by atoms with Crippen LogP contribution in [0.5, 0.6) is 0 Å². The maximum absolute atomic E-state index is 2.32. The van der Waals surface area contributed by atoms with Crippen molar-refractivity contribution >= 4 is 21.5 Å². The van der Waals surface area contributed by atoms with Gasteiger partial charge in [-0.25, -0.2) is 0 Å². The van der Waals surface area contributed by atoms with Gasteiger partial charge in [-0.3, -0.25) is 0 Å². The molecule has 0 fully saturated rings. The maximum Gasteiger partial charge on any atom is -0.00964 e. The van der Waals surface area contributed by atoms with Crippen LogP contribution in [0.2, 0.25) is 0 Å². The van der Waals surface area contributed by atoms with Gasteiger partial charge in [0.15, 0.2) is 0 Å². The molecular weight excluding hydrogens is 252 g/mol. The molecule has 0 nitrogen and oxygen atoms in total. The topological polar surface area (TPSA) is 0 Å². The minimum atomic E-state index is 1.28. The van der Waals surface area contributed by atoms with Gasteiger partial charge < -0.3 is 0 Å². The molecule has 0 atom stereocenters. The molecule has 0 N–H and O–H groups in total. The molecule has 21 heavy (non-hydrogen) atoms. The number of hydrogen-bond acceptors (Lipinski definition) is 0. The SMILES string of the molecule is Cc1ccc(-c2ccccc2)c2cc3ccccc3cc12. The van der Waals surface area contributed by atoms with Crippen LogP contribution >= 0.6 is 0 Å². The maximum atomic E-state index is 2.32. The van der Waals surface area contributed by atoms with Gasteiger partial charge in [0, 0.05) is 0 Å². The van der Waals surface area contributed by atoms with E-state index in [1.165, 1.54) is 38.2 Å². The first kappa shape index (κ1) is 12.2. The molecule has 4 rings (SSSR count). The zero-order valence-corrected chi connectivity index (χ0v) is 12.0. The molecule has 4 aromatic rings. The Labute approximate surface area is 124 Å². The van der Waals surface area contributed by atoms with E-state index in [0.717, 1.165) is 0 Å². The Morgan fingerprint density at radius 1 is 0.571 bits per heavy atom. The van der Waals surface area contributed by atoms with Crippen molar-refractivity contribution in [2.75, 3.05) is 0 Å². The molecule has 0 heteroatoms. The van der Waals surface area contributed by atoms with E-state index in [-0.39, 0.29) is 0 Å². The third-order valence-corrected chi connectivity index (χ3v) is 4.19. The lowest BCUT2D eigenvalue weighted by Crippen LogP contribution is -1.85. The third-order valence-electron chi connectivity index (χ3n) is 4.19. The van der Waals surface area contributed by atoms with Crippen molar-refractivity contribution in [1.82, 2.24) is 0 Å². The highest BCUT2D eigenvalue weighted by Crippen LogP contribution is 2.33. The van der Waals surface area contributed by atoms with Gasteiger partial charge in [-0.15, -0.1) is 0 Å². The first-order valence-corrected chi connectivity index (χ1v) is 7.30. The predicted octanol–water partition coefficient (Wildman–Crippen LogP) is 5.97. The summed E-state index contributed by atoms with van der Waals surface area (Å²) in [5, 5.41) is 5.28. The number of benzene rings is 4. The van der Waals surface area contributed by atoms with Crippen LogP contribution in [0.4, 0.5) is 0 Å². The van der Waals surface area contributed by atoms with E-state index in [2.05, 4.69) is 85.8 Å². The van der Waals surface area contributed by atoms with Crippen LogP contribution in [0.1, 0.15) is 5.56 Å². The summed E-state index contributed by atoms with van der Waals surface area (Å²) in [5.74, 6) is 0. The first-order valence-electron chi connectivity index (χ1n) is 7.30. The van der Waals surface area contributed by atoms with E-state index in [1.807, 2.05) is 0 Å². The molecule has 0 saturated heterocycles. The van der Waals surface area contributed by atoms with Crippen molar-refractivity contribution in [3.63, 3.8) is 0 Å². The molecule has 0 amide bonds. The molecule has 0 saturated carbocycles. The second-order valence-electron chi connectivity index (χ2n) is 5.54. The van der Waals surface area contributed by atoms with E-state index in [1.54, 1.807) is 0 Å². The molecule has 0 spiro atoms. The molecular formula is C21H16. The van der Waals surface area contributed by atoms with Crippen molar-refractivity contribution in [2.45, 2.75) is 6.92 Å². The largest absolute Gasteiger partial charge is 0.0622 e. The molecule has 0 aliphatic heterocycles. The highest BCUT2D eigenvalue weighted by atomic mass is 14.1. The van der Waals surface area contributed by atoms with Crippen LogP contribution in [0.25, 0.3) is 32.7 Å². The quantitative estimate of drug-likeness (QED) is 0.373. The molecule has 0 unspecified atom stereocenters. The first-order chi connectivity index (χ1) is 10.3. The minimum absolute atomic E-state index is 1.28. The standard InChI is InChI=1S/C21H16/c1-15-11-12-19(16-7-3-2-4-8-16)21-14-18-10-6-5-9-17(18)13-20(15)21/h2-14H,1H3. The van der Waals surface area contributed by atoms with E-state index in [4.69, 9.17) is 0 Å². The molecule has 0 heterocycles. The fourth-order valence-electron chi connectivity index (χ4n) is 3.05. The van der Waals surface area contributed by atoms with E-state index in [9.17, 15) is 0 Å². The monoisotopic (exact) mass is 268 g/mol. The lowest BCUT2D eigenvalue weighted by atomic mass is 9.93. The molecule has 0 radical (unpaired) electrons. The fraction of sp³-hybridized carbons (Fsp3) is 0.0476. The summed E-state index contributed by atoms with van der Waals surface area (Å²) in [6, 6.07) is 28.3. The van der Waals surface area contributed by atoms with Crippen molar-refractivity contribution < 1.29 is 0 Å². The Hall–Kier alpha value is -2.60. The Morgan fingerprint density at radius 2 is 1.19 bits per heavy atom. The summed E-state index contributed by atoms with van der Waals surface area (Å²) in [7, 11) is 0. The van der Waals surface area contributed by atoms with E-state index < -0.39 is 0 Å².